The molecular weight excluding hydrogens is 386 g/mol. The second kappa shape index (κ2) is 12.3. The van der Waals surface area contributed by atoms with Crippen molar-refractivity contribution in [1.82, 2.24) is 20.4 Å². The Morgan fingerprint density at radius 1 is 1.06 bits per heavy atom. The lowest BCUT2D eigenvalue weighted by atomic mass is 9.97. The van der Waals surface area contributed by atoms with E-state index in [0.717, 1.165) is 44.4 Å². The lowest BCUT2D eigenvalue weighted by Crippen LogP contribution is -2.46. The first-order chi connectivity index (χ1) is 15.1. The van der Waals surface area contributed by atoms with E-state index in [0.29, 0.717) is 18.0 Å². The van der Waals surface area contributed by atoms with Crippen molar-refractivity contribution >= 4 is 5.96 Å². The van der Waals surface area contributed by atoms with Crippen LogP contribution in [0.3, 0.4) is 0 Å². The normalized spacial score (nSPS) is 22.0. The highest BCUT2D eigenvalue weighted by Crippen LogP contribution is 2.27. The summed E-state index contributed by atoms with van der Waals surface area (Å²) in [6.07, 6.45) is 5.16. The molecule has 3 rings (SSSR count). The predicted molar refractivity (Wildman–Crippen MR) is 130 cm³/mol. The van der Waals surface area contributed by atoms with E-state index in [-0.39, 0.29) is 0 Å². The Labute approximate surface area is 189 Å². The van der Waals surface area contributed by atoms with E-state index in [2.05, 4.69) is 65.5 Å². The van der Waals surface area contributed by atoms with E-state index in [4.69, 9.17) is 9.73 Å². The number of guanidine groups is 1. The topological polar surface area (TPSA) is 52.1 Å². The van der Waals surface area contributed by atoms with Crippen LogP contribution in [0.15, 0.2) is 29.3 Å². The zero-order valence-corrected chi connectivity index (χ0v) is 20.1. The summed E-state index contributed by atoms with van der Waals surface area (Å²) in [5.74, 6) is 2.54. The van der Waals surface area contributed by atoms with E-state index >= 15 is 0 Å². The molecule has 2 aliphatic rings. The highest BCUT2D eigenvalue weighted by molar-refractivity contribution is 5.79. The Bertz CT molecular complexity index is 669. The molecule has 2 aliphatic heterocycles. The molecule has 6 nitrogen and oxygen atoms in total. The Morgan fingerprint density at radius 2 is 1.77 bits per heavy atom. The zero-order valence-electron chi connectivity index (χ0n) is 20.1. The molecule has 2 fully saturated rings. The molecule has 0 spiro atoms. The maximum absolute atomic E-state index is 5.35. The number of benzene rings is 1. The Balaban J connectivity index is 1.63. The largest absolute Gasteiger partial charge is 0.497 e. The van der Waals surface area contributed by atoms with Crippen LogP contribution in [0, 0.1) is 5.92 Å². The van der Waals surface area contributed by atoms with Gasteiger partial charge in [0.15, 0.2) is 5.96 Å². The summed E-state index contributed by atoms with van der Waals surface area (Å²) < 4.78 is 5.35. The number of piperidine rings is 1. The number of nitrogens with one attached hydrogen (secondary N) is 2. The molecule has 0 aliphatic carbocycles. The maximum atomic E-state index is 5.35. The van der Waals surface area contributed by atoms with E-state index in [1.54, 1.807) is 7.11 Å². The minimum Gasteiger partial charge on any atom is -0.497 e. The number of likely N-dealkylation sites (tertiary alicyclic amines) is 2. The fraction of sp³-hybridized carbons (Fsp3) is 0.720. The molecule has 0 radical (unpaired) electrons. The van der Waals surface area contributed by atoms with E-state index in [1.807, 2.05) is 0 Å². The number of rotatable bonds is 9. The first-order valence-electron chi connectivity index (χ1n) is 12.2. The predicted octanol–water partition coefficient (Wildman–Crippen LogP) is 3.51. The standard InChI is InChI=1S/C25H43N5O/c1-5-26-25(27-17-21-9-8-16-30(19-21)20(2)3)28-18-24(29-14-6-7-15-29)22-10-12-23(31-4)13-11-22/h10-13,20-21,24H,5-9,14-19H2,1-4H3,(H2,26,27,28). The third kappa shape index (κ3) is 7.11. The monoisotopic (exact) mass is 429 g/mol. The van der Waals surface area contributed by atoms with Crippen LogP contribution in [0.5, 0.6) is 5.75 Å². The summed E-state index contributed by atoms with van der Waals surface area (Å²) >= 11 is 0. The van der Waals surface area contributed by atoms with Gasteiger partial charge in [0, 0.05) is 25.7 Å². The molecule has 2 atom stereocenters. The third-order valence-electron chi connectivity index (χ3n) is 6.69. The van der Waals surface area contributed by atoms with Crippen LogP contribution in [0.1, 0.15) is 58.1 Å². The molecule has 1 aromatic rings. The van der Waals surface area contributed by atoms with Crippen LogP contribution in [0.25, 0.3) is 0 Å². The van der Waals surface area contributed by atoms with Crippen LogP contribution >= 0.6 is 0 Å². The van der Waals surface area contributed by atoms with Gasteiger partial charge in [-0.2, -0.15) is 0 Å². The lowest BCUT2D eigenvalue weighted by molar-refractivity contribution is 0.141. The first-order valence-corrected chi connectivity index (χ1v) is 12.2. The fourth-order valence-corrected chi connectivity index (χ4v) is 4.80. The molecule has 2 heterocycles. The van der Waals surface area contributed by atoms with Crippen LogP contribution < -0.4 is 15.4 Å². The average molecular weight is 430 g/mol. The second-order valence-electron chi connectivity index (χ2n) is 9.23. The number of nitrogens with zero attached hydrogens (tertiary/aromatic N) is 3. The molecule has 1 aromatic carbocycles. The summed E-state index contributed by atoms with van der Waals surface area (Å²) in [4.78, 5) is 10.2. The number of hydrogen-bond donors (Lipinski definition) is 2. The van der Waals surface area contributed by atoms with Gasteiger partial charge in [0.05, 0.1) is 19.7 Å². The molecule has 0 aromatic heterocycles. The molecule has 2 saturated heterocycles. The third-order valence-corrected chi connectivity index (χ3v) is 6.69. The first kappa shape index (κ1) is 23.9. The molecule has 0 saturated carbocycles. The van der Waals surface area contributed by atoms with Crippen molar-refractivity contribution in [2.45, 2.75) is 58.5 Å². The van der Waals surface area contributed by atoms with Gasteiger partial charge >= 0.3 is 0 Å². The van der Waals surface area contributed by atoms with Gasteiger partial charge in [-0.25, -0.2) is 0 Å². The average Bonchev–Trinajstić information content (AvgIpc) is 3.32. The van der Waals surface area contributed by atoms with Gasteiger partial charge < -0.3 is 20.3 Å². The summed E-state index contributed by atoms with van der Waals surface area (Å²) in [5, 5.41) is 7.10. The molecule has 6 heteroatoms. The molecule has 31 heavy (non-hydrogen) atoms. The molecule has 2 unspecified atom stereocenters. The highest BCUT2D eigenvalue weighted by atomic mass is 16.5. The van der Waals surface area contributed by atoms with Gasteiger partial charge in [0.2, 0.25) is 0 Å². The zero-order chi connectivity index (χ0) is 22.1. The maximum Gasteiger partial charge on any atom is 0.191 e. The molecule has 2 N–H and O–H groups in total. The van der Waals surface area contributed by atoms with E-state index in [1.165, 1.54) is 44.3 Å². The number of aliphatic imine (C=N–C) groups is 1. The van der Waals surface area contributed by atoms with Gasteiger partial charge in [-0.1, -0.05) is 12.1 Å². The van der Waals surface area contributed by atoms with Crippen LogP contribution in [0.2, 0.25) is 0 Å². The van der Waals surface area contributed by atoms with Crippen LogP contribution in [-0.2, 0) is 0 Å². The lowest BCUT2D eigenvalue weighted by Gasteiger charge is -2.35. The summed E-state index contributed by atoms with van der Waals surface area (Å²) in [6.45, 7) is 14.1. The number of ether oxygens (including phenoxy) is 1. The summed E-state index contributed by atoms with van der Waals surface area (Å²) in [6, 6.07) is 9.47. The van der Waals surface area contributed by atoms with Crippen molar-refractivity contribution < 1.29 is 4.74 Å². The van der Waals surface area contributed by atoms with Crippen LogP contribution in [-0.4, -0.2) is 74.7 Å². The Kier molecular flexibility index (Phi) is 9.47. The number of hydrogen-bond acceptors (Lipinski definition) is 4. The summed E-state index contributed by atoms with van der Waals surface area (Å²) in [7, 11) is 1.72. The van der Waals surface area contributed by atoms with E-state index < -0.39 is 0 Å². The molecule has 0 bridgehead atoms. The molecule has 0 amide bonds. The van der Waals surface area contributed by atoms with Crippen molar-refractivity contribution in [1.29, 1.82) is 0 Å². The van der Waals surface area contributed by atoms with Gasteiger partial charge in [-0.05, 0) is 89.7 Å². The van der Waals surface area contributed by atoms with Crippen molar-refractivity contribution in [2.75, 3.05) is 52.9 Å². The van der Waals surface area contributed by atoms with Gasteiger partial charge in [0.1, 0.15) is 5.75 Å². The van der Waals surface area contributed by atoms with Gasteiger partial charge in [-0.15, -0.1) is 0 Å². The van der Waals surface area contributed by atoms with Crippen molar-refractivity contribution in [3.63, 3.8) is 0 Å². The summed E-state index contributed by atoms with van der Waals surface area (Å²) in [5.41, 5.74) is 1.32. The second-order valence-corrected chi connectivity index (χ2v) is 9.23. The van der Waals surface area contributed by atoms with Crippen molar-refractivity contribution in [3.05, 3.63) is 29.8 Å². The van der Waals surface area contributed by atoms with Crippen molar-refractivity contribution in [2.24, 2.45) is 10.9 Å². The van der Waals surface area contributed by atoms with Crippen molar-refractivity contribution in [3.8, 4) is 5.75 Å². The van der Waals surface area contributed by atoms with Crippen LogP contribution in [0.4, 0.5) is 0 Å². The minimum atomic E-state index is 0.315. The fourth-order valence-electron chi connectivity index (χ4n) is 4.80. The Morgan fingerprint density at radius 3 is 2.42 bits per heavy atom. The molecular formula is C25H43N5O. The smallest absolute Gasteiger partial charge is 0.191 e. The number of methoxy groups -OCH3 is 1. The van der Waals surface area contributed by atoms with Gasteiger partial charge in [0.25, 0.3) is 0 Å². The minimum absolute atomic E-state index is 0.315. The quantitative estimate of drug-likeness (QED) is 0.465. The van der Waals surface area contributed by atoms with Gasteiger partial charge in [-0.3, -0.25) is 9.89 Å². The highest BCUT2D eigenvalue weighted by Gasteiger charge is 2.24. The van der Waals surface area contributed by atoms with E-state index in [9.17, 15) is 0 Å². The SMILES string of the molecule is CCNC(=NCC(c1ccc(OC)cc1)N1CCCC1)NCC1CCCN(C(C)C)C1. The Hall–Kier alpha value is -1.79. The molecule has 174 valence electrons.